The molecular formula is C28H27ClN4O6S. The molecule has 40 heavy (non-hydrogen) atoms. The maximum atomic E-state index is 12.5. The number of pyridine rings is 1. The molecule has 2 aliphatic rings. The molecule has 10 nitrogen and oxygen atoms in total. The number of nitrogens with one attached hydrogen (secondary N) is 1. The van der Waals surface area contributed by atoms with Crippen LogP contribution in [0, 0.1) is 0 Å². The highest BCUT2D eigenvalue weighted by Crippen LogP contribution is 2.33. The van der Waals surface area contributed by atoms with Crippen LogP contribution in [0.4, 0.5) is 0 Å². The Labute approximate surface area is 239 Å². The van der Waals surface area contributed by atoms with Crippen LogP contribution in [0.1, 0.15) is 10.4 Å². The van der Waals surface area contributed by atoms with Crippen LogP contribution in [-0.4, -0.2) is 92.4 Å². The van der Waals surface area contributed by atoms with Gasteiger partial charge in [0, 0.05) is 30.5 Å². The number of amides is 1. The first-order valence-corrected chi connectivity index (χ1v) is 14.1. The molecule has 2 fully saturated rings. The quantitative estimate of drug-likeness (QED) is 0.263. The zero-order valence-electron chi connectivity index (χ0n) is 21.5. The number of aliphatic hydroxyl groups is 1. The lowest BCUT2D eigenvalue weighted by Crippen LogP contribution is -2.34. The number of ether oxygens (including phenoxy) is 3. The zero-order chi connectivity index (χ0) is 27.8. The van der Waals surface area contributed by atoms with Crippen molar-refractivity contribution in [2.24, 2.45) is 0 Å². The van der Waals surface area contributed by atoms with Gasteiger partial charge in [0.05, 0.1) is 29.4 Å². The monoisotopic (exact) mass is 582 g/mol. The number of H-pyrrole nitrogens is 1. The van der Waals surface area contributed by atoms with Gasteiger partial charge in [-0.15, -0.1) is 0 Å². The minimum absolute atomic E-state index is 0.0922. The van der Waals surface area contributed by atoms with Crippen molar-refractivity contribution in [3.05, 3.63) is 65.2 Å². The summed E-state index contributed by atoms with van der Waals surface area (Å²) in [5, 5.41) is 10.4. The van der Waals surface area contributed by atoms with E-state index in [4.69, 9.17) is 30.4 Å². The number of carbonyl (C=O) groups is 1. The van der Waals surface area contributed by atoms with Crippen molar-refractivity contribution in [2.75, 3.05) is 32.6 Å². The second-order valence-corrected chi connectivity index (χ2v) is 10.8. The molecule has 6 rings (SSSR count). The normalized spacial score (nSPS) is 22.0. The molecule has 0 spiro atoms. The van der Waals surface area contributed by atoms with Gasteiger partial charge in [0.2, 0.25) is 0 Å². The molecule has 1 amide bonds. The number of imidazole rings is 1. The zero-order valence-corrected chi connectivity index (χ0v) is 23.1. The lowest BCUT2D eigenvalue weighted by atomic mass is 10.0. The van der Waals surface area contributed by atoms with Crippen molar-refractivity contribution in [1.82, 2.24) is 19.9 Å². The molecule has 12 heteroatoms. The third kappa shape index (κ3) is 5.28. The molecule has 0 saturated carbocycles. The molecule has 4 unspecified atom stereocenters. The highest BCUT2D eigenvalue weighted by molar-refractivity contribution is 7.93. The van der Waals surface area contributed by atoms with Crippen molar-refractivity contribution >= 4 is 40.7 Å². The topological polar surface area (TPSA) is 130 Å². The number of aliphatic hydroxyl groups excluding tert-OH is 1. The Bertz CT molecular complexity index is 1520. The van der Waals surface area contributed by atoms with Gasteiger partial charge >= 0.3 is 0 Å². The average molecular weight is 583 g/mol. The van der Waals surface area contributed by atoms with Crippen LogP contribution in [0.5, 0.6) is 6.01 Å². The summed E-state index contributed by atoms with van der Waals surface area (Å²) < 4.78 is 26.1. The number of halogens is 1. The van der Waals surface area contributed by atoms with Crippen molar-refractivity contribution in [2.45, 2.75) is 24.4 Å². The van der Waals surface area contributed by atoms with E-state index in [2.05, 4.69) is 15.0 Å². The Morgan fingerprint density at radius 3 is 2.48 bits per heavy atom. The van der Waals surface area contributed by atoms with E-state index < -0.39 is 6.10 Å². The van der Waals surface area contributed by atoms with Gasteiger partial charge in [-0.3, -0.25) is 4.79 Å². The molecule has 2 aromatic carbocycles. The van der Waals surface area contributed by atoms with Gasteiger partial charge in [0.15, 0.2) is 11.8 Å². The molecular weight excluding hydrogens is 556 g/mol. The predicted molar refractivity (Wildman–Crippen MR) is 152 cm³/mol. The summed E-state index contributed by atoms with van der Waals surface area (Å²) in [6.07, 6.45) is -1.77. The predicted octanol–water partition coefficient (Wildman–Crippen LogP) is 4.13. The molecule has 2 saturated heterocycles. The molecule has 4 heterocycles. The lowest BCUT2D eigenvalue weighted by Gasteiger charge is -2.16. The fraction of sp³-hybridized carbons (Fsp3) is 0.321. The lowest BCUT2D eigenvalue weighted by molar-refractivity contribution is 0.00706. The number of hydrogen-bond donors (Lipinski definition) is 3. The third-order valence-corrected chi connectivity index (χ3v) is 7.79. The Kier molecular flexibility index (Phi) is 7.67. The van der Waals surface area contributed by atoms with Gasteiger partial charge in [-0.1, -0.05) is 48.0 Å². The maximum absolute atomic E-state index is 12.5. The molecule has 2 aromatic heterocycles. The van der Waals surface area contributed by atoms with Crippen molar-refractivity contribution in [3.63, 3.8) is 0 Å². The number of nitrogens with zero attached hydrogens (tertiary/aromatic N) is 3. The summed E-state index contributed by atoms with van der Waals surface area (Å²) in [6.45, 7) is 0.992. The van der Waals surface area contributed by atoms with Crippen LogP contribution in [0.3, 0.4) is 0 Å². The molecule has 0 radical (unpaired) electrons. The average Bonchev–Trinajstić information content (AvgIpc) is 3.67. The van der Waals surface area contributed by atoms with E-state index in [-0.39, 0.29) is 36.8 Å². The molecule has 0 bridgehead atoms. The summed E-state index contributed by atoms with van der Waals surface area (Å²) in [7, 11) is 1.72. The van der Waals surface area contributed by atoms with Crippen LogP contribution < -0.4 is 4.74 Å². The van der Waals surface area contributed by atoms with E-state index in [1.165, 1.54) is 0 Å². The first kappa shape index (κ1) is 27.0. The number of fused-ring (bicyclic) bond motifs is 2. The van der Waals surface area contributed by atoms with Gasteiger partial charge in [-0.2, -0.15) is 4.98 Å². The number of aromatic amines is 1. The SMILES string of the molecule is CN(CCSO)C(=O)c1ccc(-c2ccc(-c3nc4nc(OC5COC6C(O)COC56)[nH]c4cc3Cl)cc2)cc1. The summed E-state index contributed by atoms with van der Waals surface area (Å²) >= 11 is 7.32. The summed E-state index contributed by atoms with van der Waals surface area (Å²) in [6, 6.07) is 17.3. The number of benzene rings is 2. The van der Waals surface area contributed by atoms with Crippen LogP contribution in [-0.2, 0) is 9.47 Å². The van der Waals surface area contributed by atoms with Crippen molar-refractivity contribution in [1.29, 1.82) is 0 Å². The smallest absolute Gasteiger partial charge is 0.296 e. The number of aromatic nitrogens is 3. The summed E-state index contributed by atoms with van der Waals surface area (Å²) in [4.78, 5) is 26.4. The van der Waals surface area contributed by atoms with Gasteiger partial charge in [0.25, 0.3) is 11.9 Å². The van der Waals surface area contributed by atoms with E-state index in [1.54, 1.807) is 30.1 Å². The number of carbonyl (C=O) groups excluding carboxylic acids is 1. The van der Waals surface area contributed by atoms with E-state index in [0.29, 0.717) is 46.3 Å². The van der Waals surface area contributed by atoms with Crippen LogP contribution in [0.25, 0.3) is 33.5 Å². The molecule has 3 N–H and O–H groups in total. The van der Waals surface area contributed by atoms with Crippen LogP contribution >= 0.6 is 23.6 Å². The standard InChI is InChI=1S/C28H27ClN4O6S/c1-33(10-11-40-36)27(35)18-8-4-16(5-9-18)15-2-6-17(7-3-15)23-19(29)12-20-26(31-23)32-28(30-20)39-22-14-38-24-21(34)13-37-25(22)24/h2-9,12,21-22,24-25,34,36H,10-11,13-14H2,1H3,(H,30,31,32). The highest BCUT2D eigenvalue weighted by atomic mass is 35.5. The van der Waals surface area contributed by atoms with E-state index in [9.17, 15) is 9.90 Å². The number of rotatable bonds is 8. The largest absolute Gasteiger partial charge is 0.456 e. The Balaban J connectivity index is 1.17. The molecule has 2 aliphatic heterocycles. The Morgan fingerprint density at radius 1 is 1.07 bits per heavy atom. The van der Waals surface area contributed by atoms with E-state index in [1.807, 2.05) is 36.4 Å². The Morgan fingerprint density at radius 2 is 1.75 bits per heavy atom. The minimum atomic E-state index is -0.651. The van der Waals surface area contributed by atoms with Gasteiger partial charge in [-0.05, 0) is 41.4 Å². The minimum Gasteiger partial charge on any atom is -0.456 e. The van der Waals surface area contributed by atoms with Crippen LogP contribution in [0.2, 0.25) is 5.02 Å². The van der Waals surface area contributed by atoms with Crippen molar-refractivity contribution < 1.29 is 28.7 Å². The molecule has 208 valence electrons. The highest BCUT2D eigenvalue weighted by Gasteiger charge is 2.48. The van der Waals surface area contributed by atoms with E-state index >= 15 is 0 Å². The summed E-state index contributed by atoms with van der Waals surface area (Å²) in [5.41, 5.74) is 5.06. The molecule has 4 atom stereocenters. The number of hydrogen-bond acceptors (Lipinski definition) is 9. The first-order valence-electron chi connectivity index (χ1n) is 12.8. The molecule has 0 aliphatic carbocycles. The Hall–Kier alpha value is -3.19. The van der Waals surface area contributed by atoms with E-state index in [0.717, 1.165) is 28.7 Å². The second-order valence-electron chi connectivity index (χ2n) is 9.77. The summed E-state index contributed by atoms with van der Waals surface area (Å²) in [5.74, 6) is 0.372. The first-order chi connectivity index (χ1) is 19.4. The molecule has 4 aromatic rings. The van der Waals surface area contributed by atoms with Gasteiger partial charge in [-0.25, -0.2) is 4.98 Å². The van der Waals surface area contributed by atoms with Gasteiger partial charge < -0.3 is 33.8 Å². The fourth-order valence-electron chi connectivity index (χ4n) is 4.97. The van der Waals surface area contributed by atoms with Crippen molar-refractivity contribution in [3.8, 4) is 28.4 Å². The third-order valence-electron chi connectivity index (χ3n) is 7.14. The fourth-order valence-corrected chi connectivity index (χ4v) is 5.58. The second kappa shape index (κ2) is 11.4. The van der Waals surface area contributed by atoms with Gasteiger partial charge in [0.1, 0.15) is 18.3 Å². The van der Waals surface area contributed by atoms with Crippen LogP contribution in [0.15, 0.2) is 54.6 Å². The maximum Gasteiger partial charge on any atom is 0.296 e.